The number of methoxy groups -OCH3 is 2. The average Bonchev–Trinajstić information content (AvgIpc) is 2.79. The largest absolute Gasteiger partial charge is 0.496 e. The van der Waals surface area contributed by atoms with Crippen molar-refractivity contribution in [2.24, 2.45) is 0 Å². The average molecular weight is 464 g/mol. The fourth-order valence-corrected chi connectivity index (χ4v) is 2.86. The van der Waals surface area contributed by atoms with E-state index in [1.54, 1.807) is 50.6 Å². The summed E-state index contributed by atoms with van der Waals surface area (Å²) in [6, 6.07) is 8.77. The van der Waals surface area contributed by atoms with Crippen molar-refractivity contribution >= 4 is 30.2 Å². The summed E-state index contributed by atoms with van der Waals surface area (Å²) in [6.45, 7) is 2.68. The first-order valence-electron chi connectivity index (χ1n) is 10.3. The van der Waals surface area contributed by atoms with E-state index in [0.29, 0.717) is 48.1 Å². The fourth-order valence-electron chi connectivity index (χ4n) is 2.86. The summed E-state index contributed by atoms with van der Waals surface area (Å²) < 4.78 is 21.3. The van der Waals surface area contributed by atoms with Gasteiger partial charge in [-0.2, -0.15) is 0 Å². The third kappa shape index (κ3) is 8.59. The van der Waals surface area contributed by atoms with Crippen molar-refractivity contribution in [1.29, 1.82) is 0 Å². The van der Waals surface area contributed by atoms with E-state index in [-0.39, 0.29) is 24.2 Å². The molecule has 0 amide bonds. The normalized spacial score (nSPS) is 10.3. The summed E-state index contributed by atoms with van der Waals surface area (Å²) in [6.07, 6.45) is 7.46. The lowest BCUT2D eigenvalue weighted by Crippen LogP contribution is -2.04. The molecule has 8 heteroatoms. The molecule has 0 saturated heterocycles. The highest BCUT2D eigenvalue weighted by atomic mass is 35.5. The van der Waals surface area contributed by atoms with E-state index in [1.807, 2.05) is 6.07 Å². The van der Waals surface area contributed by atoms with Gasteiger partial charge in [-0.15, -0.1) is 12.4 Å². The molecule has 1 aromatic carbocycles. The first-order chi connectivity index (χ1) is 15.1. The van der Waals surface area contributed by atoms with Gasteiger partial charge in [0.1, 0.15) is 5.75 Å². The van der Waals surface area contributed by atoms with Gasteiger partial charge in [0.2, 0.25) is 0 Å². The highest BCUT2D eigenvalue weighted by Gasteiger charge is 2.10. The van der Waals surface area contributed by atoms with Crippen LogP contribution < -0.4 is 14.2 Å². The van der Waals surface area contributed by atoms with Gasteiger partial charge in [0.15, 0.2) is 17.3 Å². The highest BCUT2D eigenvalue weighted by Crippen LogP contribution is 2.27. The topological polar surface area (TPSA) is 84.0 Å². The second-order valence-electron chi connectivity index (χ2n) is 6.62. The van der Waals surface area contributed by atoms with Crippen molar-refractivity contribution in [1.82, 2.24) is 4.98 Å². The smallest absolute Gasteiger partial charge is 0.305 e. The Kier molecular flexibility index (Phi) is 12.5. The van der Waals surface area contributed by atoms with Gasteiger partial charge in [-0.3, -0.25) is 14.6 Å². The van der Waals surface area contributed by atoms with Crippen LogP contribution >= 0.6 is 12.4 Å². The molecule has 1 aromatic heterocycles. The van der Waals surface area contributed by atoms with Gasteiger partial charge < -0.3 is 18.9 Å². The number of benzene rings is 1. The van der Waals surface area contributed by atoms with Crippen LogP contribution in [-0.2, 0) is 9.53 Å². The zero-order valence-corrected chi connectivity index (χ0v) is 19.5. The number of ether oxygens (including phenoxy) is 4. The lowest BCUT2D eigenvalue weighted by atomic mass is 10.1. The molecule has 0 radical (unpaired) electrons. The molecule has 0 aliphatic rings. The van der Waals surface area contributed by atoms with Crippen LogP contribution in [-0.4, -0.2) is 44.2 Å². The summed E-state index contributed by atoms with van der Waals surface area (Å²) in [7, 11) is 3.07. The SMILES string of the molecule is CCOC(=O)CCCCCOc1cc(/C=C/C(=O)c2ccccc2OC)ncc1OC.Cl. The minimum absolute atomic E-state index is 0. The Bertz CT molecular complexity index is 900. The summed E-state index contributed by atoms with van der Waals surface area (Å²) >= 11 is 0. The van der Waals surface area contributed by atoms with Crippen LogP contribution in [0.2, 0.25) is 0 Å². The number of unbranched alkanes of at least 4 members (excludes halogenated alkanes) is 2. The molecule has 0 aliphatic carbocycles. The number of rotatable bonds is 13. The molecule has 1 heterocycles. The Morgan fingerprint density at radius 1 is 1.00 bits per heavy atom. The molecule has 0 aliphatic heterocycles. The molecule has 0 N–H and O–H groups in total. The van der Waals surface area contributed by atoms with E-state index in [0.717, 1.165) is 19.3 Å². The van der Waals surface area contributed by atoms with Crippen LogP contribution in [0.25, 0.3) is 6.08 Å². The Morgan fingerprint density at radius 2 is 1.75 bits per heavy atom. The van der Waals surface area contributed by atoms with Crippen LogP contribution in [0.15, 0.2) is 42.6 Å². The lowest BCUT2D eigenvalue weighted by molar-refractivity contribution is -0.143. The first-order valence-corrected chi connectivity index (χ1v) is 10.3. The number of carbonyl (C=O) groups excluding carboxylic acids is 2. The Hall–Kier alpha value is -3.06. The predicted molar refractivity (Wildman–Crippen MR) is 125 cm³/mol. The van der Waals surface area contributed by atoms with E-state index >= 15 is 0 Å². The number of nitrogens with zero attached hydrogens (tertiary/aromatic N) is 1. The Morgan fingerprint density at radius 3 is 2.47 bits per heavy atom. The van der Waals surface area contributed by atoms with Gasteiger partial charge in [-0.05, 0) is 50.5 Å². The van der Waals surface area contributed by atoms with Gasteiger partial charge in [-0.1, -0.05) is 12.1 Å². The van der Waals surface area contributed by atoms with Crippen LogP contribution in [0.1, 0.15) is 48.7 Å². The van der Waals surface area contributed by atoms with E-state index < -0.39 is 0 Å². The number of esters is 1. The molecule has 0 atom stereocenters. The number of carbonyl (C=O) groups is 2. The zero-order chi connectivity index (χ0) is 22.5. The van der Waals surface area contributed by atoms with Crippen LogP contribution in [0, 0.1) is 0 Å². The van der Waals surface area contributed by atoms with E-state index in [1.165, 1.54) is 13.2 Å². The van der Waals surface area contributed by atoms with Gasteiger partial charge in [0.05, 0.1) is 44.9 Å². The van der Waals surface area contributed by atoms with Crippen LogP contribution in [0.5, 0.6) is 17.2 Å². The molecule has 2 aromatic rings. The van der Waals surface area contributed by atoms with Crippen molar-refractivity contribution in [2.75, 3.05) is 27.4 Å². The molecular formula is C24H30ClNO6. The summed E-state index contributed by atoms with van der Waals surface area (Å²) in [4.78, 5) is 28.1. The minimum Gasteiger partial charge on any atom is -0.496 e. The Balaban J connectivity index is 0.00000512. The fraction of sp³-hybridized carbons (Fsp3) is 0.375. The monoisotopic (exact) mass is 463 g/mol. The van der Waals surface area contributed by atoms with Crippen molar-refractivity contribution in [3.8, 4) is 17.2 Å². The molecule has 0 bridgehead atoms. The van der Waals surface area contributed by atoms with Crippen LogP contribution in [0.3, 0.4) is 0 Å². The Labute approximate surface area is 195 Å². The second kappa shape index (κ2) is 14.9. The minimum atomic E-state index is -0.181. The van der Waals surface area contributed by atoms with Gasteiger partial charge in [0.25, 0.3) is 0 Å². The highest BCUT2D eigenvalue weighted by molar-refractivity contribution is 6.08. The number of allylic oxidation sites excluding steroid dienone is 1. The van der Waals surface area contributed by atoms with Crippen molar-refractivity contribution in [3.05, 3.63) is 53.9 Å². The number of hydrogen-bond donors (Lipinski definition) is 0. The van der Waals surface area contributed by atoms with E-state index in [2.05, 4.69) is 4.98 Å². The number of aromatic nitrogens is 1. The molecule has 2 rings (SSSR count). The predicted octanol–water partition coefficient (Wildman–Crippen LogP) is 4.92. The number of hydrogen-bond acceptors (Lipinski definition) is 7. The van der Waals surface area contributed by atoms with Crippen molar-refractivity contribution in [2.45, 2.75) is 32.6 Å². The van der Waals surface area contributed by atoms with Gasteiger partial charge >= 0.3 is 5.97 Å². The summed E-state index contributed by atoms with van der Waals surface area (Å²) in [5.74, 6) is 1.23. The van der Waals surface area contributed by atoms with Gasteiger partial charge in [0, 0.05) is 12.5 Å². The molecule has 7 nitrogen and oxygen atoms in total. The molecule has 0 saturated carbocycles. The number of ketones is 1. The van der Waals surface area contributed by atoms with E-state index in [4.69, 9.17) is 18.9 Å². The van der Waals surface area contributed by atoms with Crippen molar-refractivity contribution < 1.29 is 28.5 Å². The third-order valence-electron chi connectivity index (χ3n) is 4.44. The maximum Gasteiger partial charge on any atom is 0.305 e. The maximum atomic E-state index is 12.5. The zero-order valence-electron chi connectivity index (χ0n) is 18.7. The maximum absolute atomic E-state index is 12.5. The first kappa shape index (κ1) is 27.0. The van der Waals surface area contributed by atoms with E-state index in [9.17, 15) is 9.59 Å². The standard InChI is InChI=1S/C24H29NO6.ClH/c1-4-30-24(27)12-6-5-9-15-31-22-16-18(25-17-23(22)29-3)13-14-20(26)19-10-7-8-11-21(19)28-2;/h7-8,10-11,13-14,16-17H,4-6,9,12,15H2,1-3H3;1H/b14-13+;. The molecule has 0 spiro atoms. The molecule has 174 valence electrons. The van der Waals surface area contributed by atoms with Crippen molar-refractivity contribution in [3.63, 3.8) is 0 Å². The van der Waals surface area contributed by atoms with Gasteiger partial charge in [-0.25, -0.2) is 0 Å². The summed E-state index contributed by atoms with van der Waals surface area (Å²) in [5, 5.41) is 0. The third-order valence-corrected chi connectivity index (χ3v) is 4.44. The lowest BCUT2D eigenvalue weighted by Gasteiger charge is -2.11. The number of halogens is 1. The molecule has 0 fully saturated rings. The molecule has 32 heavy (non-hydrogen) atoms. The summed E-state index contributed by atoms with van der Waals surface area (Å²) in [5.41, 5.74) is 1.05. The quantitative estimate of drug-likeness (QED) is 0.180. The number of pyridine rings is 1. The number of para-hydroxylation sites is 1. The molecule has 0 unspecified atom stereocenters. The second-order valence-corrected chi connectivity index (χ2v) is 6.62. The molecular weight excluding hydrogens is 434 g/mol. The van der Waals surface area contributed by atoms with Crippen LogP contribution in [0.4, 0.5) is 0 Å².